The maximum atomic E-state index is 13.0. The number of amides is 2. The fourth-order valence-corrected chi connectivity index (χ4v) is 4.17. The highest BCUT2D eigenvalue weighted by molar-refractivity contribution is 5.94. The Kier molecular flexibility index (Phi) is 7.87. The van der Waals surface area contributed by atoms with Crippen molar-refractivity contribution < 1.29 is 14.3 Å². The SMILES string of the molecule is O=C(CN1CCN(C(=O)c2cccc(CN3CCOCC3)c2)CC1)NCc1ccccc1. The molecular weight excluding hydrogens is 404 g/mol. The van der Waals surface area contributed by atoms with Crippen LogP contribution in [0, 0.1) is 0 Å². The molecule has 2 saturated heterocycles. The molecule has 2 aromatic carbocycles. The summed E-state index contributed by atoms with van der Waals surface area (Å²) in [5, 5.41) is 2.97. The van der Waals surface area contributed by atoms with Gasteiger partial charge in [0.25, 0.3) is 5.91 Å². The lowest BCUT2D eigenvalue weighted by Crippen LogP contribution is -2.51. The van der Waals surface area contributed by atoms with Gasteiger partial charge in [0.15, 0.2) is 0 Å². The number of ether oxygens (including phenoxy) is 1. The summed E-state index contributed by atoms with van der Waals surface area (Å²) in [4.78, 5) is 31.7. The van der Waals surface area contributed by atoms with Gasteiger partial charge in [0, 0.05) is 57.9 Å². The van der Waals surface area contributed by atoms with E-state index in [9.17, 15) is 9.59 Å². The van der Waals surface area contributed by atoms with Crippen molar-refractivity contribution in [3.05, 3.63) is 71.3 Å². The number of carbonyl (C=O) groups excluding carboxylic acids is 2. The number of benzene rings is 2. The molecule has 2 fully saturated rings. The van der Waals surface area contributed by atoms with Gasteiger partial charge in [0.05, 0.1) is 19.8 Å². The molecule has 4 rings (SSSR count). The van der Waals surface area contributed by atoms with Crippen molar-refractivity contribution >= 4 is 11.8 Å². The Hall–Kier alpha value is -2.74. The van der Waals surface area contributed by atoms with E-state index in [2.05, 4.69) is 21.2 Å². The third kappa shape index (κ3) is 6.38. The molecular formula is C25H32N4O3. The summed E-state index contributed by atoms with van der Waals surface area (Å²) >= 11 is 0. The van der Waals surface area contributed by atoms with Crippen LogP contribution in [0.1, 0.15) is 21.5 Å². The average Bonchev–Trinajstić information content (AvgIpc) is 2.84. The lowest BCUT2D eigenvalue weighted by Gasteiger charge is -2.34. The van der Waals surface area contributed by atoms with Crippen LogP contribution >= 0.6 is 0 Å². The molecule has 2 amide bonds. The molecule has 7 heteroatoms. The van der Waals surface area contributed by atoms with E-state index >= 15 is 0 Å². The monoisotopic (exact) mass is 436 g/mol. The van der Waals surface area contributed by atoms with Gasteiger partial charge in [0.2, 0.25) is 5.91 Å². The Bertz CT molecular complexity index is 891. The molecule has 170 valence electrons. The second-order valence-corrected chi connectivity index (χ2v) is 8.42. The molecule has 0 unspecified atom stereocenters. The van der Waals surface area contributed by atoms with Crippen molar-refractivity contribution in [3.8, 4) is 0 Å². The first-order valence-electron chi connectivity index (χ1n) is 11.4. The van der Waals surface area contributed by atoms with E-state index in [1.165, 1.54) is 0 Å². The van der Waals surface area contributed by atoms with Crippen LogP contribution in [0.15, 0.2) is 54.6 Å². The highest BCUT2D eigenvalue weighted by atomic mass is 16.5. The molecule has 0 radical (unpaired) electrons. The van der Waals surface area contributed by atoms with Crippen LogP contribution in [-0.2, 0) is 22.6 Å². The van der Waals surface area contributed by atoms with Crippen LogP contribution in [0.5, 0.6) is 0 Å². The summed E-state index contributed by atoms with van der Waals surface area (Å²) in [5.41, 5.74) is 2.99. The van der Waals surface area contributed by atoms with E-state index in [0.29, 0.717) is 39.3 Å². The largest absolute Gasteiger partial charge is 0.379 e. The summed E-state index contributed by atoms with van der Waals surface area (Å²) in [7, 11) is 0. The van der Waals surface area contributed by atoms with E-state index in [1.54, 1.807) is 0 Å². The van der Waals surface area contributed by atoms with Crippen molar-refractivity contribution in [3.63, 3.8) is 0 Å². The Morgan fingerprint density at radius 1 is 0.812 bits per heavy atom. The molecule has 0 bridgehead atoms. The number of hydrogen-bond donors (Lipinski definition) is 1. The van der Waals surface area contributed by atoms with Gasteiger partial charge < -0.3 is 15.0 Å². The zero-order chi connectivity index (χ0) is 22.2. The molecule has 0 saturated carbocycles. The van der Waals surface area contributed by atoms with Gasteiger partial charge in [-0.15, -0.1) is 0 Å². The minimum Gasteiger partial charge on any atom is -0.379 e. The quantitative estimate of drug-likeness (QED) is 0.714. The number of piperazine rings is 1. The molecule has 2 heterocycles. The number of rotatable bonds is 7. The zero-order valence-electron chi connectivity index (χ0n) is 18.5. The molecule has 0 spiro atoms. The summed E-state index contributed by atoms with van der Waals surface area (Å²) in [6.07, 6.45) is 0. The van der Waals surface area contributed by atoms with Gasteiger partial charge in [0.1, 0.15) is 0 Å². The third-order valence-corrected chi connectivity index (χ3v) is 6.04. The Morgan fingerprint density at radius 3 is 2.28 bits per heavy atom. The number of carbonyl (C=O) groups is 2. The van der Waals surface area contributed by atoms with Crippen molar-refractivity contribution in [1.29, 1.82) is 0 Å². The standard InChI is InChI=1S/C25H32N4O3/c30-24(26-18-21-5-2-1-3-6-21)20-27-9-11-29(12-10-27)25(31)23-8-4-7-22(17-23)19-28-13-15-32-16-14-28/h1-8,17H,9-16,18-20H2,(H,26,30). The maximum Gasteiger partial charge on any atom is 0.253 e. The number of hydrogen-bond acceptors (Lipinski definition) is 5. The van der Waals surface area contributed by atoms with E-state index < -0.39 is 0 Å². The molecule has 0 atom stereocenters. The summed E-state index contributed by atoms with van der Waals surface area (Å²) in [5.74, 6) is 0.0893. The summed E-state index contributed by atoms with van der Waals surface area (Å²) < 4.78 is 5.41. The minimum absolute atomic E-state index is 0.0180. The molecule has 0 aromatic heterocycles. The van der Waals surface area contributed by atoms with Gasteiger partial charge in [-0.05, 0) is 23.3 Å². The molecule has 7 nitrogen and oxygen atoms in total. The van der Waals surface area contributed by atoms with E-state index in [0.717, 1.165) is 49.5 Å². The lowest BCUT2D eigenvalue weighted by atomic mass is 10.1. The van der Waals surface area contributed by atoms with Gasteiger partial charge in [-0.25, -0.2) is 0 Å². The molecule has 0 aliphatic carbocycles. The van der Waals surface area contributed by atoms with Gasteiger partial charge >= 0.3 is 0 Å². The second-order valence-electron chi connectivity index (χ2n) is 8.42. The molecule has 2 aliphatic rings. The van der Waals surface area contributed by atoms with Crippen LogP contribution in [0.3, 0.4) is 0 Å². The highest BCUT2D eigenvalue weighted by Gasteiger charge is 2.23. The first-order valence-corrected chi connectivity index (χ1v) is 11.4. The number of nitrogens with one attached hydrogen (secondary N) is 1. The Labute approximate surface area is 189 Å². The number of morpholine rings is 1. The summed E-state index contributed by atoms with van der Waals surface area (Å²) in [6.45, 7) is 7.84. The Morgan fingerprint density at radius 2 is 1.53 bits per heavy atom. The molecule has 1 N–H and O–H groups in total. The van der Waals surface area contributed by atoms with Crippen LogP contribution in [0.2, 0.25) is 0 Å². The molecule has 32 heavy (non-hydrogen) atoms. The second kappa shape index (κ2) is 11.2. The molecule has 2 aromatic rings. The van der Waals surface area contributed by atoms with Gasteiger partial charge in [-0.3, -0.25) is 19.4 Å². The van der Waals surface area contributed by atoms with Gasteiger partial charge in [-0.2, -0.15) is 0 Å². The Balaban J connectivity index is 1.22. The smallest absolute Gasteiger partial charge is 0.253 e. The predicted molar refractivity (Wildman–Crippen MR) is 123 cm³/mol. The fourth-order valence-electron chi connectivity index (χ4n) is 4.17. The van der Waals surface area contributed by atoms with Crippen molar-refractivity contribution in [1.82, 2.24) is 20.0 Å². The van der Waals surface area contributed by atoms with E-state index in [1.807, 2.05) is 53.4 Å². The predicted octanol–water partition coefficient (Wildman–Crippen LogP) is 1.59. The van der Waals surface area contributed by atoms with E-state index in [4.69, 9.17) is 4.74 Å². The normalized spacial score (nSPS) is 17.8. The first-order chi connectivity index (χ1) is 15.7. The van der Waals surface area contributed by atoms with Crippen molar-refractivity contribution in [2.45, 2.75) is 13.1 Å². The maximum absolute atomic E-state index is 13.0. The molecule has 2 aliphatic heterocycles. The van der Waals surface area contributed by atoms with Crippen molar-refractivity contribution in [2.75, 3.05) is 59.0 Å². The van der Waals surface area contributed by atoms with Gasteiger partial charge in [-0.1, -0.05) is 42.5 Å². The topological polar surface area (TPSA) is 65.1 Å². The van der Waals surface area contributed by atoms with Crippen molar-refractivity contribution in [2.24, 2.45) is 0 Å². The fraction of sp³-hybridized carbons (Fsp3) is 0.440. The zero-order valence-corrected chi connectivity index (χ0v) is 18.5. The lowest BCUT2D eigenvalue weighted by molar-refractivity contribution is -0.122. The van der Waals surface area contributed by atoms with Crippen LogP contribution < -0.4 is 5.32 Å². The van der Waals surface area contributed by atoms with Crippen LogP contribution in [0.25, 0.3) is 0 Å². The average molecular weight is 437 g/mol. The number of nitrogens with zero attached hydrogens (tertiary/aromatic N) is 3. The van der Waals surface area contributed by atoms with Crippen LogP contribution in [-0.4, -0.2) is 85.5 Å². The van der Waals surface area contributed by atoms with E-state index in [-0.39, 0.29) is 11.8 Å². The summed E-state index contributed by atoms with van der Waals surface area (Å²) in [6, 6.07) is 17.9. The van der Waals surface area contributed by atoms with Crippen LogP contribution in [0.4, 0.5) is 0 Å². The minimum atomic E-state index is 0.0180. The first kappa shape index (κ1) is 22.5. The highest BCUT2D eigenvalue weighted by Crippen LogP contribution is 2.13. The third-order valence-electron chi connectivity index (χ3n) is 6.04.